The van der Waals surface area contributed by atoms with Crippen molar-refractivity contribution in [2.45, 2.75) is 25.6 Å². The summed E-state index contributed by atoms with van der Waals surface area (Å²) in [5.74, 6) is 0.519. The van der Waals surface area contributed by atoms with Crippen molar-refractivity contribution in [1.29, 1.82) is 0 Å². The first-order valence-electron chi connectivity index (χ1n) is 12.0. The molecule has 0 saturated heterocycles. The highest BCUT2D eigenvalue weighted by atomic mass is 35.5. The molecule has 0 aliphatic rings. The van der Waals surface area contributed by atoms with Crippen molar-refractivity contribution < 1.29 is 14.3 Å². The van der Waals surface area contributed by atoms with Crippen LogP contribution >= 0.6 is 11.6 Å². The number of H-pyrrole nitrogens is 1. The summed E-state index contributed by atoms with van der Waals surface area (Å²) in [6.07, 6.45) is -0.0552. The van der Waals surface area contributed by atoms with Gasteiger partial charge in [-0.15, -0.1) is 0 Å². The first-order valence-corrected chi connectivity index (χ1v) is 12.4. The van der Waals surface area contributed by atoms with E-state index in [0.29, 0.717) is 41.9 Å². The number of carbonyl (C=O) groups excluding carboxylic acids is 2. The highest BCUT2D eigenvalue weighted by Crippen LogP contribution is 2.29. The summed E-state index contributed by atoms with van der Waals surface area (Å²) in [5.41, 5.74) is 10.6. The fourth-order valence-corrected chi connectivity index (χ4v) is 4.18. The van der Waals surface area contributed by atoms with E-state index in [1.165, 1.54) is 7.11 Å². The van der Waals surface area contributed by atoms with E-state index in [9.17, 15) is 9.59 Å². The molecule has 0 bridgehead atoms. The molecule has 1 heterocycles. The predicted octanol–water partition coefficient (Wildman–Crippen LogP) is 5.15. The van der Waals surface area contributed by atoms with Gasteiger partial charge in [0.2, 0.25) is 0 Å². The van der Waals surface area contributed by atoms with Crippen LogP contribution in [0, 0.1) is 0 Å². The number of benzene rings is 3. The lowest BCUT2D eigenvalue weighted by Crippen LogP contribution is -2.38. The summed E-state index contributed by atoms with van der Waals surface area (Å²) in [6.45, 7) is 0.791. The molecule has 9 nitrogen and oxygen atoms in total. The van der Waals surface area contributed by atoms with E-state index in [0.717, 1.165) is 22.3 Å². The lowest BCUT2D eigenvalue weighted by Gasteiger charge is -2.18. The van der Waals surface area contributed by atoms with Gasteiger partial charge in [-0.05, 0) is 35.2 Å². The van der Waals surface area contributed by atoms with E-state index in [2.05, 4.69) is 25.7 Å². The van der Waals surface area contributed by atoms with Crippen LogP contribution in [0.15, 0.2) is 78.9 Å². The maximum atomic E-state index is 12.9. The van der Waals surface area contributed by atoms with Crippen LogP contribution < -0.4 is 21.7 Å². The molecule has 6 N–H and O–H groups in total. The number of amides is 3. The minimum Gasteiger partial charge on any atom is -0.453 e. The second kappa shape index (κ2) is 12.8. The molecule has 0 aliphatic heterocycles. The summed E-state index contributed by atoms with van der Waals surface area (Å²) in [5, 5.41) is 8.87. The fourth-order valence-electron chi connectivity index (χ4n) is 3.93. The number of aromatic nitrogens is 2. The molecule has 1 aromatic heterocycles. The summed E-state index contributed by atoms with van der Waals surface area (Å²) in [4.78, 5) is 32.2. The lowest BCUT2D eigenvalue weighted by molar-refractivity contribution is 0.187. The van der Waals surface area contributed by atoms with Crippen molar-refractivity contribution in [1.82, 2.24) is 20.6 Å². The van der Waals surface area contributed by atoms with Crippen molar-refractivity contribution >= 4 is 29.4 Å². The Hall–Kier alpha value is -4.34. The monoisotopic (exact) mass is 532 g/mol. The van der Waals surface area contributed by atoms with Gasteiger partial charge in [-0.1, -0.05) is 78.3 Å². The third-order valence-corrected chi connectivity index (χ3v) is 6.14. The maximum absolute atomic E-state index is 12.9. The van der Waals surface area contributed by atoms with Gasteiger partial charge in [0.15, 0.2) is 0 Å². The number of carbonyl (C=O) groups is 2. The number of anilines is 1. The number of ether oxygens (including phenoxy) is 1. The van der Waals surface area contributed by atoms with E-state index >= 15 is 0 Å². The predicted molar refractivity (Wildman–Crippen MR) is 148 cm³/mol. The molecule has 0 aliphatic carbocycles. The molecule has 0 fully saturated rings. The van der Waals surface area contributed by atoms with Crippen molar-refractivity contribution in [2.75, 3.05) is 12.4 Å². The molecule has 3 amide bonds. The topological polar surface area (TPSA) is 134 Å². The zero-order chi connectivity index (χ0) is 26.9. The minimum absolute atomic E-state index is 0.337. The van der Waals surface area contributed by atoms with Gasteiger partial charge in [-0.25, -0.2) is 14.6 Å². The van der Waals surface area contributed by atoms with Crippen LogP contribution in [0.5, 0.6) is 0 Å². The van der Waals surface area contributed by atoms with Crippen LogP contribution in [0.25, 0.3) is 11.3 Å². The van der Waals surface area contributed by atoms with E-state index in [-0.39, 0.29) is 6.03 Å². The van der Waals surface area contributed by atoms with Crippen molar-refractivity contribution in [3.05, 3.63) is 107 Å². The number of methoxy groups -OCH3 is 1. The molecule has 38 heavy (non-hydrogen) atoms. The van der Waals surface area contributed by atoms with E-state index in [1.807, 2.05) is 54.6 Å². The maximum Gasteiger partial charge on any atom is 0.411 e. The smallest absolute Gasteiger partial charge is 0.411 e. The number of imidazole rings is 1. The van der Waals surface area contributed by atoms with Crippen molar-refractivity contribution in [3.8, 4) is 11.3 Å². The summed E-state index contributed by atoms with van der Waals surface area (Å²) < 4.78 is 4.62. The Bertz CT molecular complexity index is 1380. The number of rotatable bonds is 9. The fraction of sp³-hybridized carbons (Fsp3) is 0.179. The van der Waals surface area contributed by atoms with Gasteiger partial charge >= 0.3 is 12.1 Å². The van der Waals surface area contributed by atoms with Crippen LogP contribution in [-0.4, -0.2) is 29.2 Å². The number of halogens is 1. The Morgan fingerprint density at radius 1 is 1.00 bits per heavy atom. The van der Waals surface area contributed by atoms with Gasteiger partial charge < -0.3 is 26.1 Å². The largest absolute Gasteiger partial charge is 0.453 e. The third-order valence-electron chi connectivity index (χ3n) is 5.87. The van der Waals surface area contributed by atoms with Crippen molar-refractivity contribution in [3.63, 3.8) is 0 Å². The molecular weight excluding hydrogens is 504 g/mol. The molecule has 0 radical (unpaired) electrons. The van der Waals surface area contributed by atoms with Gasteiger partial charge in [0.05, 0.1) is 13.2 Å². The van der Waals surface area contributed by atoms with E-state index in [1.54, 1.807) is 24.3 Å². The standard InChI is InChI=1S/C28H29ClN6O3/c1-38-28(37)32-22-12-10-21(11-13-22)24-25(29)35-26(34-24)23(15-18-6-3-2-4-7-18)33-27(36)31-17-20-9-5-8-19(14-20)16-30/h2-14,23H,15-17,30H2,1H3,(H,32,37)(H,34,35)(H2,31,33,36)/t23-/m0/s1. The van der Waals surface area contributed by atoms with Crippen LogP contribution in [0.2, 0.25) is 5.15 Å². The molecule has 0 saturated carbocycles. The molecular formula is C28H29ClN6O3. The SMILES string of the molecule is COC(=O)Nc1ccc(-c2nc([C@H](Cc3ccccc3)NC(=O)NCc3cccc(CN)c3)[nH]c2Cl)cc1. The second-order valence-electron chi connectivity index (χ2n) is 8.57. The lowest BCUT2D eigenvalue weighted by atomic mass is 10.1. The molecule has 4 aromatic rings. The Labute approximate surface area is 225 Å². The Morgan fingerprint density at radius 2 is 1.71 bits per heavy atom. The quantitative estimate of drug-likeness (QED) is 0.203. The molecule has 0 unspecified atom stereocenters. The van der Waals surface area contributed by atoms with Crippen LogP contribution in [0.4, 0.5) is 15.3 Å². The second-order valence-corrected chi connectivity index (χ2v) is 8.95. The Balaban J connectivity index is 1.51. The van der Waals surface area contributed by atoms with Gasteiger partial charge in [0.1, 0.15) is 16.7 Å². The number of urea groups is 1. The molecule has 3 aromatic carbocycles. The van der Waals surface area contributed by atoms with Gasteiger partial charge in [0, 0.05) is 24.3 Å². The summed E-state index contributed by atoms with van der Waals surface area (Å²) in [6, 6.07) is 23.8. The third kappa shape index (κ3) is 7.12. The first-order chi connectivity index (χ1) is 18.4. The molecule has 0 spiro atoms. The summed E-state index contributed by atoms with van der Waals surface area (Å²) in [7, 11) is 1.30. The number of hydrogen-bond acceptors (Lipinski definition) is 5. The summed E-state index contributed by atoms with van der Waals surface area (Å²) >= 11 is 6.53. The first kappa shape index (κ1) is 26.7. The molecule has 1 atom stereocenters. The van der Waals surface area contributed by atoms with Crippen molar-refractivity contribution in [2.24, 2.45) is 5.73 Å². The molecule has 10 heteroatoms. The number of nitrogens with zero attached hydrogens (tertiary/aromatic N) is 1. The number of nitrogens with two attached hydrogens (primary N) is 1. The Morgan fingerprint density at radius 3 is 2.42 bits per heavy atom. The van der Waals surface area contributed by atoms with E-state index in [4.69, 9.17) is 22.3 Å². The van der Waals surface area contributed by atoms with Crippen LogP contribution in [-0.2, 0) is 24.2 Å². The van der Waals surface area contributed by atoms with Crippen LogP contribution in [0.3, 0.4) is 0 Å². The molecule has 4 rings (SSSR count). The normalized spacial score (nSPS) is 11.4. The average Bonchev–Trinajstić information content (AvgIpc) is 3.34. The minimum atomic E-state index is -0.557. The Kier molecular flexibility index (Phi) is 8.97. The van der Waals surface area contributed by atoms with Gasteiger partial charge in [0.25, 0.3) is 0 Å². The van der Waals surface area contributed by atoms with E-state index < -0.39 is 12.1 Å². The highest BCUT2D eigenvalue weighted by molar-refractivity contribution is 6.31. The number of nitrogens with one attached hydrogen (secondary N) is 4. The zero-order valence-corrected chi connectivity index (χ0v) is 21.6. The van der Waals surface area contributed by atoms with Gasteiger partial charge in [-0.3, -0.25) is 5.32 Å². The zero-order valence-electron chi connectivity index (χ0n) is 20.8. The number of aromatic amines is 1. The highest BCUT2D eigenvalue weighted by Gasteiger charge is 2.21. The number of hydrogen-bond donors (Lipinski definition) is 5. The molecule has 196 valence electrons. The average molecular weight is 533 g/mol. The van der Waals surface area contributed by atoms with Gasteiger partial charge in [-0.2, -0.15) is 0 Å². The van der Waals surface area contributed by atoms with Crippen LogP contribution in [0.1, 0.15) is 28.6 Å².